The molecular weight excluding hydrogens is 614 g/mol. The second-order valence-electron chi connectivity index (χ2n) is 10.4. The summed E-state index contributed by atoms with van der Waals surface area (Å²) in [5.74, 6) is -4.06. The number of nitrogens with one attached hydrogen (secondary N) is 1. The van der Waals surface area contributed by atoms with Gasteiger partial charge in [-0.05, 0) is 30.2 Å². The number of thiazole rings is 1. The summed E-state index contributed by atoms with van der Waals surface area (Å²) in [6.07, 6.45) is 9.60. The van der Waals surface area contributed by atoms with Gasteiger partial charge in [0, 0.05) is 30.2 Å². The Labute approximate surface area is 259 Å². The van der Waals surface area contributed by atoms with Crippen LogP contribution in [0.15, 0.2) is 57.9 Å². The number of allylic oxidation sites excluding steroid dienone is 3. The minimum absolute atomic E-state index is 0.0303. The van der Waals surface area contributed by atoms with Gasteiger partial charge in [0.25, 0.3) is 17.7 Å². The first-order chi connectivity index (χ1) is 21.0. The number of likely N-dealkylation sites (tertiary alicyclic amines) is 1. The van der Waals surface area contributed by atoms with E-state index in [2.05, 4.69) is 20.3 Å². The molecule has 0 saturated carbocycles. The molecule has 17 heteroatoms. The number of fused-ring (bicyclic) bond motifs is 1. The van der Waals surface area contributed by atoms with Gasteiger partial charge in [0.15, 0.2) is 17.5 Å². The van der Waals surface area contributed by atoms with Crippen LogP contribution in [-0.2, 0) is 28.8 Å². The lowest BCUT2D eigenvalue weighted by atomic mass is 10.0. The smallest absolute Gasteiger partial charge is 0.332 e. The lowest BCUT2D eigenvalue weighted by Gasteiger charge is -2.50. The number of aromatic nitrogens is 1. The first-order valence-electron chi connectivity index (χ1n) is 13.5. The van der Waals surface area contributed by atoms with Crippen LogP contribution < -0.4 is 16.2 Å². The van der Waals surface area contributed by atoms with Gasteiger partial charge >= 0.3 is 5.97 Å². The lowest BCUT2D eigenvalue weighted by Crippen LogP contribution is -2.71. The van der Waals surface area contributed by atoms with Crippen LogP contribution in [0.3, 0.4) is 0 Å². The van der Waals surface area contributed by atoms with Gasteiger partial charge < -0.3 is 30.9 Å². The SMILES string of the molecule is CC(=O)O/N=C(\C(=O)N[C@@H]1C(=O)N2C(C(=O)[O-])=C(/C=C3\CCN(C[N+]4(CCO)C=CC=CC4)C3=O)CS[C@H]12)c1csc(N)n1. The summed E-state index contributed by atoms with van der Waals surface area (Å²) < 4.78 is 0.384. The Hall–Kier alpha value is -4.32. The third-order valence-electron chi connectivity index (χ3n) is 7.40. The van der Waals surface area contributed by atoms with Crippen LogP contribution in [0.2, 0.25) is 0 Å². The van der Waals surface area contributed by atoms with E-state index < -0.39 is 35.2 Å². The van der Waals surface area contributed by atoms with Gasteiger partial charge in [-0.15, -0.1) is 23.1 Å². The van der Waals surface area contributed by atoms with Gasteiger partial charge in [0.2, 0.25) is 0 Å². The van der Waals surface area contributed by atoms with Crippen LogP contribution in [0.5, 0.6) is 0 Å². The van der Waals surface area contributed by atoms with Crippen molar-refractivity contribution in [1.29, 1.82) is 0 Å². The van der Waals surface area contributed by atoms with E-state index in [1.54, 1.807) is 4.90 Å². The molecule has 1 aromatic rings. The molecule has 4 aliphatic heterocycles. The lowest BCUT2D eigenvalue weighted by molar-refractivity contribution is -0.883. The first-order valence-corrected chi connectivity index (χ1v) is 15.4. The number of carboxylic acids is 1. The van der Waals surface area contributed by atoms with Crippen LogP contribution in [0.25, 0.3) is 0 Å². The highest BCUT2D eigenvalue weighted by Crippen LogP contribution is 2.41. The van der Waals surface area contributed by atoms with Gasteiger partial charge in [-0.1, -0.05) is 11.2 Å². The number of nitrogens with zero attached hydrogens (tertiary/aromatic N) is 5. The average Bonchev–Trinajstić information content (AvgIpc) is 3.56. The summed E-state index contributed by atoms with van der Waals surface area (Å²) in [5.41, 5.74) is 5.59. The predicted molar refractivity (Wildman–Crippen MR) is 157 cm³/mol. The quantitative estimate of drug-likeness (QED) is 0.0661. The van der Waals surface area contributed by atoms with E-state index in [0.29, 0.717) is 42.8 Å². The van der Waals surface area contributed by atoms with Gasteiger partial charge in [0.1, 0.15) is 30.2 Å². The molecular formula is C27H29N7O8S2. The van der Waals surface area contributed by atoms with Crippen LogP contribution in [0, 0.1) is 0 Å². The van der Waals surface area contributed by atoms with Gasteiger partial charge in [-0.3, -0.25) is 28.7 Å². The number of anilines is 1. The summed E-state index contributed by atoms with van der Waals surface area (Å²) in [6, 6.07) is -1.11. The third kappa shape index (κ3) is 6.17. The summed E-state index contributed by atoms with van der Waals surface area (Å²) in [7, 11) is 0. The maximum absolute atomic E-state index is 13.3. The maximum Gasteiger partial charge on any atom is 0.332 e. The van der Waals surface area contributed by atoms with Crippen molar-refractivity contribution >= 4 is 63.6 Å². The van der Waals surface area contributed by atoms with Crippen molar-refractivity contribution < 1.29 is 43.5 Å². The molecule has 0 radical (unpaired) electrons. The van der Waals surface area contributed by atoms with Gasteiger partial charge in [-0.25, -0.2) is 9.78 Å². The zero-order chi connectivity index (χ0) is 31.6. The fraction of sp³-hybridized carbons (Fsp3) is 0.370. The molecule has 0 bridgehead atoms. The molecule has 232 valence electrons. The molecule has 3 amide bonds. The number of nitrogen functional groups attached to an aromatic ring is 1. The molecule has 4 aliphatic rings. The van der Waals surface area contributed by atoms with Crippen molar-refractivity contribution in [3.8, 4) is 0 Å². The number of amides is 3. The number of rotatable bonds is 10. The number of oxime groups is 1. The number of hydrogen-bond acceptors (Lipinski definition) is 13. The summed E-state index contributed by atoms with van der Waals surface area (Å²) in [6.45, 7) is 2.89. The van der Waals surface area contributed by atoms with Crippen molar-refractivity contribution in [3.05, 3.63) is 58.4 Å². The number of hydrogen-bond donors (Lipinski definition) is 3. The van der Waals surface area contributed by atoms with Crippen molar-refractivity contribution in [1.82, 2.24) is 20.1 Å². The molecule has 15 nitrogen and oxygen atoms in total. The van der Waals surface area contributed by atoms with Crippen LogP contribution in [0.4, 0.5) is 5.13 Å². The summed E-state index contributed by atoms with van der Waals surface area (Å²) >= 11 is 2.24. The highest BCUT2D eigenvalue weighted by atomic mass is 32.2. The largest absolute Gasteiger partial charge is 0.543 e. The Bertz CT molecular complexity index is 1560. The molecule has 1 unspecified atom stereocenters. The fourth-order valence-corrected chi connectivity index (χ4v) is 7.19. The summed E-state index contributed by atoms with van der Waals surface area (Å²) in [4.78, 5) is 74.4. The standard InChI is InChI=1S/C27H29N7O8S2/c1-15(36)42-31-19(18-13-44-27(28)29-18)22(37)30-20-24(39)33-21(26(40)41)17(12-43-25(20)33)11-16-5-6-32(23(16)38)14-34(9-10-35)7-3-2-4-8-34/h2-4,7,11,13,20,25,35H,5-6,8-10,12,14H2,1H3,(H3-,28,29,30,37,40,41)/b16-11+,31-19-/t20-,25-,34?/m1/s1. The number of quaternary nitrogens is 1. The molecule has 5 rings (SSSR count). The number of nitrogens with two attached hydrogens (primary N) is 1. The first kappa shape index (κ1) is 31.1. The van der Waals surface area contributed by atoms with E-state index >= 15 is 0 Å². The molecule has 0 aliphatic carbocycles. The molecule has 1 aromatic heterocycles. The predicted octanol–water partition coefficient (Wildman–Crippen LogP) is -1.59. The highest BCUT2D eigenvalue weighted by Gasteiger charge is 2.53. The zero-order valence-corrected chi connectivity index (χ0v) is 25.1. The molecule has 2 fully saturated rings. The van der Waals surface area contributed by atoms with Gasteiger partial charge in [-0.2, -0.15) is 0 Å². The van der Waals surface area contributed by atoms with Crippen LogP contribution in [-0.4, -0.2) is 110 Å². The third-order valence-corrected chi connectivity index (χ3v) is 9.38. The van der Waals surface area contributed by atoms with E-state index in [0.717, 1.165) is 23.2 Å². The number of carbonyl (C=O) groups is 5. The minimum atomic E-state index is -1.59. The Kier molecular flexibility index (Phi) is 9.00. The van der Waals surface area contributed by atoms with E-state index in [4.69, 9.17) is 5.73 Å². The second kappa shape index (κ2) is 12.7. The fourth-order valence-electron chi connectivity index (χ4n) is 5.33. The van der Waals surface area contributed by atoms with Crippen molar-refractivity contribution in [2.24, 2.45) is 5.16 Å². The number of aliphatic hydroxyl groups is 1. The van der Waals surface area contributed by atoms with Crippen LogP contribution >= 0.6 is 23.1 Å². The number of carbonyl (C=O) groups excluding carboxylic acids is 5. The summed E-state index contributed by atoms with van der Waals surface area (Å²) in [5, 5.41) is 28.7. The number of aliphatic hydroxyl groups excluding tert-OH is 1. The molecule has 44 heavy (non-hydrogen) atoms. The van der Waals surface area contributed by atoms with Crippen molar-refractivity contribution in [3.63, 3.8) is 0 Å². The Morgan fingerprint density at radius 1 is 1.34 bits per heavy atom. The molecule has 4 N–H and O–H groups in total. The van der Waals surface area contributed by atoms with E-state index in [1.807, 2.05) is 24.4 Å². The number of thioether (sulfide) groups is 1. The van der Waals surface area contributed by atoms with Crippen molar-refractivity contribution in [2.45, 2.75) is 24.8 Å². The van der Waals surface area contributed by atoms with E-state index in [-0.39, 0.29) is 46.1 Å². The number of β-lactam (4-membered cyclic amide) rings is 1. The number of carboxylic acid groups (broad SMARTS) is 1. The minimum Gasteiger partial charge on any atom is -0.543 e. The maximum atomic E-state index is 13.3. The Morgan fingerprint density at radius 2 is 2.14 bits per heavy atom. The normalized spacial score (nSPS) is 25.8. The van der Waals surface area contributed by atoms with Crippen molar-refractivity contribution in [2.75, 3.05) is 44.4 Å². The highest BCUT2D eigenvalue weighted by molar-refractivity contribution is 8.00. The van der Waals surface area contributed by atoms with Crippen LogP contribution in [0.1, 0.15) is 19.0 Å². The second-order valence-corrected chi connectivity index (χ2v) is 12.4. The number of aliphatic carboxylic acids is 1. The molecule has 0 spiro atoms. The molecule has 2 saturated heterocycles. The topological polar surface area (TPSA) is 208 Å². The zero-order valence-electron chi connectivity index (χ0n) is 23.5. The van der Waals surface area contributed by atoms with Gasteiger partial charge in [0.05, 0.1) is 24.5 Å². The molecule has 3 atom stereocenters. The monoisotopic (exact) mass is 643 g/mol. The Morgan fingerprint density at radius 3 is 2.77 bits per heavy atom. The van der Waals surface area contributed by atoms with E-state index in [1.165, 1.54) is 23.2 Å². The van der Waals surface area contributed by atoms with E-state index in [9.17, 15) is 34.2 Å². The molecule has 5 heterocycles. The Balaban J connectivity index is 1.32. The average molecular weight is 644 g/mol. The molecule has 0 aromatic carbocycles.